The van der Waals surface area contributed by atoms with E-state index in [2.05, 4.69) is 6.58 Å². The second-order valence-electron chi connectivity index (χ2n) is 3.33. The third kappa shape index (κ3) is 2.36. The zero-order chi connectivity index (χ0) is 8.97. The maximum Gasteiger partial charge on any atom is 0.302 e. The third-order valence-corrected chi connectivity index (χ3v) is 2.37. The Hall–Kier alpha value is -0.790. The lowest BCUT2D eigenvalue weighted by molar-refractivity contribution is -0.149. The molecule has 1 aliphatic carbocycles. The predicted octanol–water partition coefficient (Wildman–Crippen LogP) is 2.29. The van der Waals surface area contributed by atoms with E-state index in [9.17, 15) is 4.79 Å². The van der Waals surface area contributed by atoms with Crippen LogP contribution in [0.2, 0.25) is 0 Å². The Morgan fingerprint density at radius 2 is 2.17 bits per heavy atom. The number of hydrogen-bond acceptors (Lipinski definition) is 2. The summed E-state index contributed by atoms with van der Waals surface area (Å²) >= 11 is 0. The van der Waals surface area contributed by atoms with Crippen LogP contribution in [0, 0.1) is 5.92 Å². The van der Waals surface area contributed by atoms with Gasteiger partial charge in [-0.3, -0.25) is 4.79 Å². The van der Waals surface area contributed by atoms with Gasteiger partial charge in [-0.1, -0.05) is 12.5 Å². The smallest absolute Gasteiger partial charge is 0.302 e. The Labute approximate surface area is 73.6 Å². The highest BCUT2D eigenvalue weighted by molar-refractivity contribution is 5.66. The van der Waals surface area contributed by atoms with E-state index in [1.54, 1.807) is 0 Å². The van der Waals surface area contributed by atoms with E-state index < -0.39 is 0 Å². The van der Waals surface area contributed by atoms with E-state index in [-0.39, 0.29) is 12.1 Å². The van der Waals surface area contributed by atoms with Crippen LogP contribution in [0.1, 0.15) is 32.6 Å². The molecule has 2 nitrogen and oxygen atoms in total. The summed E-state index contributed by atoms with van der Waals surface area (Å²) in [4.78, 5) is 10.7. The molecule has 68 valence electrons. The first-order valence-corrected chi connectivity index (χ1v) is 4.54. The van der Waals surface area contributed by atoms with Gasteiger partial charge in [0.2, 0.25) is 0 Å². The van der Waals surface area contributed by atoms with Crippen molar-refractivity contribution >= 4 is 5.97 Å². The monoisotopic (exact) mass is 168 g/mol. The average Bonchev–Trinajstić information content (AvgIpc) is 2.04. The topological polar surface area (TPSA) is 26.3 Å². The highest BCUT2D eigenvalue weighted by atomic mass is 16.5. The molecule has 0 bridgehead atoms. The van der Waals surface area contributed by atoms with Gasteiger partial charge < -0.3 is 4.74 Å². The van der Waals surface area contributed by atoms with E-state index in [1.807, 2.05) is 6.08 Å². The van der Waals surface area contributed by atoms with E-state index in [0.717, 1.165) is 12.8 Å². The summed E-state index contributed by atoms with van der Waals surface area (Å²) in [5.41, 5.74) is 0. The minimum atomic E-state index is -0.172. The molecular formula is C10H16O2. The molecule has 0 aliphatic heterocycles. The molecule has 0 spiro atoms. The van der Waals surface area contributed by atoms with E-state index in [1.165, 1.54) is 19.8 Å². The lowest BCUT2D eigenvalue weighted by Gasteiger charge is -2.28. The summed E-state index contributed by atoms with van der Waals surface area (Å²) in [5, 5.41) is 0. The number of ether oxygens (including phenoxy) is 1. The Morgan fingerprint density at radius 1 is 1.50 bits per heavy atom. The number of rotatable bonds is 2. The van der Waals surface area contributed by atoms with Crippen molar-refractivity contribution in [2.24, 2.45) is 5.92 Å². The van der Waals surface area contributed by atoms with Crippen LogP contribution in [-0.2, 0) is 9.53 Å². The summed E-state index contributed by atoms with van der Waals surface area (Å²) in [7, 11) is 0. The van der Waals surface area contributed by atoms with Crippen LogP contribution >= 0.6 is 0 Å². The van der Waals surface area contributed by atoms with Crippen molar-refractivity contribution in [1.29, 1.82) is 0 Å². The molecule has 0 N–H and O–H groups in total. The Bertz CT molecular complexity index is 175. The van der Waals surface area contributed by atoms with Crippen molar-refractivity contribution in [1.82, 2.24) is 0 Å². The molecule has 2 heteroatoms. The van der Waals surface area contributed by atoms with Crippen molar-refractivity contribution in [3.63, 3.8) is 0 Å². The number of hydrogen-bond donors (Lipinski definition) is 0. The Morgan fingerprint density at radius 3 is 2.75 bits per heavy atom. The van der Waals surface area contributed by atoms with Crippen LogP contribution in [-0.4, -0.2) is 12.1 Å². The van der Waals surface area contributed by atoms with Gasteiger partial charge in [0.1, 0.15) is 6.10 Å². The first-order valence-electron chi connectivity index (χ1n) is 4.54. The van der Waals surface area contributed by atoms with Crippen LogP contribution < -0.4 is 0 Å². The summed E-state index contributed by atoms with van der Waals surface area (Å²) in [6.45, 7) is 5.22. The molecule has 0 saturated heterocycles. The molecule has 1 fully saturated rings. The summed E-state index contributed by atoms with van der Waals surface area (Å²) in [6, 6.07) is 0. The van der Waals surface area contributed by atoms with Crippen molar-refractivity contribution < 1.29 is 9.53 Å². The maximum absolute atomic E-state index is 10.7. The maximum atomic E-state index is 10.7. The van der Waals surface area contributed by atoms with Crippen LogP contribution in [0.25, 0.3) is 0 Å². The van der Waals surface area contributed by atoms with E-state index in [0.29, 0.717) is 5.92 Å². The van der Waals surface area contributed by atoms with Crippen molar-refractivity contribution in [2.45, 2.75) is 38.7 Å². The second kappa shape index (κ2) is 4.29. The lowest BCUT2D eigenvalue weighted by Crippen LogP contribution is -2.27. The summed E-state index contributed by atoms with van der Waals surface area (Å²) < 4.78 is 5.18. The number of carbonyl (C=O) groups is 1. The van der Waals surface area contributed by atoms with Crippen molar-refractivity contribution in [2.75, 3.05) is 0 Å². The zero-order valence-corrected chi connectivity index (χ0v) is 7.58. The molecule has 0 aromatic carbocycles. The van der Waals surface area contributed by atoms with Gasteiger partial charge in [0.15, 0.2) is 0 Å². The number of carbonyl (C=O) groups excluding carboxylic acids is 1. The fourth-order valence-electron chi connectivity index (χ4n) is 1.75. The molecule has 0 aromatic rings. The molecule has 0 amide bonds. The van der Waals surface area contributed by atoms with Crippen molar-refractivity contribution in [3.8, 4) is 0 Å². The molecule has 0 aromatic heterocycles. The SMILES string of the molecule is C=C[C@H]1CCCC[C@H]1OC(C)=O. The van der Waals surface area contributed by atoms with Crippen LogP contribution in [0.15, 0.2) is 12.7 Å². The van der Waals surface area contributed by atoms with E-state index >= 15 is 0 Å². The Balaban J connectivity index is 2.46. The normalized spacial score (nSPS) is 29.4. The Kier molecular flexibility index (Phi) is 3.32. The van der Waals surface area contributed by atoms with Gasteiger partial charge in [-0.15, -0.1) is 6.58 Å². The van der Waals surface area contributed by atoms with Gasteiger partial charge in [0.05, 0.1) is 0 Å². The molecule has 2 atom stereocenters. The first-order chi connectivity index (χ1) is 5.74. The second-order valence-corrected chi connectivity index (χ2v) is 3.33. The minimum absolute atomic E-state index is 0.0914. The molecule has 1 saturated carbocycles. The minimum Gasteiger partial charge on any atom is -0.462 e. The highest BCUT2D eigenvalue weighted by Gasteiger charge is 2.24. The van der Waals surface area contributed by atoms with Crippen LogP contribution in [0.3, 0.4) is 0 Å². The summed E-state index contributed by atoms with van der Waals surface area (Å²) in [5.74, 6) is 0.205. The highest BCUT2D eigenvalue weighted by Crippen LogP contribution is 2.27. The summed E-state index contributed by atoms with van der Waals surface area (Å²) in [6.07, 6.45) is 6.51. The largest absolute Gasteiger partial charge is 0.462 e. The van der Waals surface area contributed by atoms with Crippen LogP contribution in [0.4, 0.5) is 0 Å². The molecule has 0 heterocycles. The first kappa shape index (κ1) is 9.30. The fourth-order valence-corrected chi connectivity index (χ4v) is 1.75. The zero-order valence-electron chi connectivity index (χ0n) is 7.58. The molecule has 0 radical (unpaired) electrons. The van der Waals surface area contributed by atoms with Gasteiger partial charge in [-0.2, -0.15) is 0 Å². The molecule has 1 rings (SSSR count). The standard InChI is InChI=1S/C10H16O2/c1-3-9-6-4-5-7-10(9)12-8(2)11/h3,9-10H,1,4-7H2,2H3/t9-,10+/m0/s1. The van der Waals surface area contributed by atoms with Crippen LogP contribution in [0.5, 0.6) is 0 Å². The third-order valence-electron chi connectivity index (χ3n) is 2.37. The quantitative estimate of drug-likeness (QED) is 0.467. The number of esters is 1. The van der Waals surface area contributed by atoms with Gasteiger partial charge >= 0.3 is 5.97 Å². The fraction of sp³-hybridized carbons (Fsp3) is 0.700. The molecule has 12 heavy (non-hydrogen) atoms. The van der Waals surface area contributed by atoms with Crippen molar-refractivity contribution in [3.05, 3.63) is 12.7 Å². The van der Waals surface area contributed by atoms with Gasteiger partial charge in [-0.05, 0) is 19.3 Å². The predicted molar refractivity (Wildman–Crippen MR) is 47.7 cm³/mol. The van der Waals surface area contributed by atoms with Gasteiger partial charge in [-0.25, -0.2) is 0 Å². The lowest BCUT2D eigenvalue weighted by atomic mass is 9.86. The molecule has 0 unspecified atom stereocenters. The van der Waals surface area contributed by atoms with E-state index in [4.69, 9.17) is 4.74 Å². The van der Waals surface area contributed by atoms with Gasteiger partial charge in [0, 0.05) is 12.8 Å². The molecule has 1 aliphatic rings. The molecular weight excluding hydrogens is 152 g/mol. The van der Waals surface area contributed by atoms with Gasteiger partial charge in [0.25, 0.3) is 0 Å². The average molecular weight is 168 g/mol.